The SMILES string of the molecule is CC=O.Cc1cccc(-c2cnn3ccc(Nc4ccccc4)nc23)c1. The van der Waals surface area contributed by atoms with Crippen LogP contribution >= 0.6 is 0 Å². The Labute approximate surface area is 152 Å². The van der Waals surface area contributed by atoms with Gasteiger partial charge < -0.3 is 10.1 Å². The van der Waals surface area contributed by atoms with E-state index in [1.54, 1.807) is 4.52 Å². The van der Waals surface area contributed by atoms with E-state index in [9.17, 15) is 0 Å². The van der Waals surface area contributed by atoms with Gasteiger partial charge in [-0.1, -0.05) is 48.0 Å². The maximum absolute atomic E-state index is 8.81. The largest absolute Gasteiger partial charge is 0.340 e. The number of aldehydes is 1. The highest BCUT2D eigenvalue weighted by Gasteiger charge is 2.09. The summed E-state index contributed by atoms with van der Waals surface area (Å²) >= 11 is 0. The minimum absolute atomic E-state index is 0.750. The monoisotopic (exact) mass is 344 g/mol. The molecule has 26 heavy (non-hydrogen) atoms. The van der Waals surface area contributed by atoms with E-state index in [0.29, 0.717) is 0 Å². The lowest BCUT2D eigenvalue weighted by molar-refractivity contribution is -0.106. The van der Waals surface area contributed by atoms with Crippen LogP contribution in [0.3, 0.4) is 0 Å². The summed E-state index contributed by atoms with van der Waals surface area (Å²) in [6.45, 7) is 3.53. The molecule has 0 aliphatic carbocycles. The Balaban J connectivity index is 0.000000613. The summed E-state index contributed by atoms with van der Waals surface area (Å²) in [6, 6.07) is 20.3. The number of nitrogens with one attached hydrogen (secondary N) is 1. The summed E-state index contributed by atoms with van der Waals surface area (Å²) in [5.74, 6) is 0.804. The lowest BCUT2D eigenvalue weighted by atomic mass is 10.1. The van der Waals surface area contributed by atoms with Crippen molar-refractivity contribution in [1.82, 2.24) is 14.6 Å². The van der Waals surface area contributed by atoms with Crippen LogP contribution < -0.4 is 5.32 Å². The van der Waals surface area contributed by atoms with Gasteiger partial charge in [0.2, 0.25) is 0 Å². The zero-order valence-electron chi connectivity index (χ0n) is 14.8. The molecule has 0 radical (unpaired) electrons. The van der Waals surface area contributed by atoms with Crippen LogP contribution in [0.1, 0.15) is 12.5 Å². The zero-order chi connectivity index (χ0) is 18.4. The maximum atomic E-state index is 8.81. The van der Waals surface area contributed by atoms with E-state index >= 15 is 0 Å². The van der Waals surface area contributed by atoms with Gasteiger partial charge in [-0.25, -0.2) is 9.50 Å². The van der Waals surface area contributed by atoms with E-state index in [4.69, 9.17) is 9.78 Å². The highest BCUT2D eigenvalue weighted by atomic mass is 16.1. The second-order valence-electron chi connectivity index (χ2n) is 5.74. The topological polar surface area (TPSA) is 59.3 Å². The summed E-state index contributed by atoms with van der Waals surface area (Å²) in [4.78, 5) is 13.5. The summed E-state index contributed by atoms with van der Waals surface area (Å²) < 4.78 is 1.80. The molecule has 4 rings (SSSR count). The van der Waals surface area contributed by atoms with E-state index in [2.05, 4.69) is 41.6 Å². The molecule has 0 saturated carbocycles. The number of carbonyl (C=O) groups is 1. The van der Waals surface area contributed by atoms with Gasteiger partial charge in [0.15, 0.2) is 5.65 Å². The van der Waals surface area contributed by atoms with Gasteiger partial charge in [-0.2, -0.15) is 5.10 Å². The Morgan fingerprint density at radius 2 is 1.81 bits per heavy atom. The van der Waals surface area contributed by atoms with Crippen LogP contribution in [0.25, 0.3) is 16.8 Å². The molecule has 0 spiro atoms. The van der Waals surface area contributed by atoms with Gasteiger partial charge in [-0.15, -0.1) is 0 Å². The van der Waals surface area contributed by atoms with Crippen molar-refractivity contribution < 1.29 is 4.79 Å². The predicted octanol–water partition coefficient (Wildman–Crippen LogP) is 4.65. The average Bonchev–Trinajstić information content (AvgIpc) is 3.06. The van der Waals surface area contributed by atoms with Gasteiger partial charge in [0.25, 0.3) is 0 Å². The molecule has 0 saturated heterocycles. The number of nitrogens with zero attached hydrogens (tertiary/aromatic N) is 3. The number of hydrogen-bond acceptors (Lipinski definition) is 4. The fourth-order valence-corrected chi connectivity index (χ4v) is 2.62. The Morgan fingerprint density at radius 3 is 2.54 bits per heavy atom. The Hall–Kier alpha value is -3.47. The molecule has 2 heterocycles. The third kappa shape index (κ3) is 3.95. The number of para-hydroxylation sites is 1. The van der Waals surface area contributed by atoms with Crippen LogP contribution in [-0.4, -0.2) is 20.9 Å². The second kappa shape index (κ2) is 8.07. The molecule has 0 fully saturated rings. The van der Waals surface area contributed by atoms with E-state index in [1.165, 1.54) is 12.5 Å². The summed E-state index contributed by atoms with van der Waals surface area (Å²) in [5, 5.41) is 7.72. The van der Waals surface area contributed by atoms with Gasteiger partial charge in [0, 0.05) is 17.4 Å². The van der Waals surface area contributed by atoms with Crippen molar-refractivity contribution in [2.75, 3.05) is 5.32 Å². The number of aryl methyl sites for hydroxylation is 1. The molecule has 0 amide bonds. The molecular weight excluding hydrogens is 324 g/mol. The first-order valence-electron chi connectivity index (χ1n) is 8.34. The molecule has 0 aliphatic rings. The first kappa shape index (κ1) is 17.4. The highest BCUT2D eigenvalue weighted by molar-refractivity contribution is 5.78. The third-order valence-electron chi connectivity index (χ3n) is 3.74. The van der Waals surface area contributed by atoms with E-state index in [0.717, 1.165) is 34.6 Å². The quantitative estimate of drug-likeness (QED) is 0.549. The summed E-state index contributed by atoms with van der Waals surface area (Å²) in [5.41, 5.74) is 5.24. The molecule has 2 aromatic carbocycles. The number of carbonyl (C=O) groups excluding carboxylic acids is 1. The average molecular weight is 344 g/mol. The molecule has 2 aromatic heterocycles. The van der Waals surface area contributed by atoms with E-state index in [1.807, 2.05) is 48.8 Å². The van der Waals surface area contributed by atoms with Crippen molar-refractivity contribution in [2.24, 2.45) is 0 Å². The van der Waals surface area contributed by atoms with Gasteiger partial charge in [0.05, 0.1) is 6.20 Å². The number of rotatable bonds is 3. The van der Waals surface area contributed by atoms with Crippen molar-refractivity contribution >= 4 is 23.4 Å². The van der Waals surface area contributed by atoms with Crippen molar-refractivity contribution in [3.63, 3.8) is 0 Å². The Kier molecular flexibility index (Phi) is 5.39. The fraction of sp³-hybridized carbons (Fsp3) is 0.0952. The molecule has 4 aromatic rings. The number of benzene rings is 2. The Morgan fingerprint density at radius 1 is 1.04 bits per heavy atom. The number of aromatic nitrogens is 3. The molecule has 130 valence electrons. The zero-order valence-corrected chi connectivity index (χ0v) is 14.8. The number of anilines is 2. The van der Waals surface area contributed by atoms with Crippen molar-refractivity contribution in [3.8, 4) is 11.1 Å². The maximum Gasteiger partial charge on any atom is 0.165 e. The van der Waals surface area contributed by atoms with Crippen LogP contribution in [0.2, 0.25) is 0 Å². The molecule has 0 aliphatic heterocycles. The second-order valence-corrected chi connectivity index (χ2v) is 5.74. The molecule has 5 nitrogen and oxygen atoms in total. The fourth-order valence-electron chi connectivity index (χ4n) is 2.62. The van der Waals surface area contributed by atoms with Crippen molar-refractivity contribution in [3.05, 3.63) is 78.6 Å². The third-order valence-corrected chi connectivity index (χ3v) is 3.74. The smallest absolute Gasteiger partial charge is 0.165 e. The predicted molar refractivity (Wildman–Crippen MR) is 105 cm³/mol. The van der Waals surface area contributed by atoms with E-state index in [-0.39, 0.29) is 0 Å². The molecule has 5 heteroatoms. The summed E-state index contributed by atoms with van der Waals surface area (Å²) in [6.07, 6.45) is 4.54. The lowest BCUT2D eigenvalue weighted by Crippen LogP contribution is -1.97. The molecule has 0 bridgehead atoms. The molecule has 0 unspecified atom stereocenters. The standard InChI is InChI=1S/C19H16N4.C2H4O/c1-14-6-5-7-15(12-14)17-13-20-23-11-10-18(22-19(17)23)21-16-8-3-2-4-9-16;1-2-3/h2-13H,1H3,(H,21,22);2H,1H3. The molecule has 0 atom stereocenters. The van der Waals surface area contributed by atoms with Gasteiger partial charge in [0.1, 0.15) is 12.1 Å². The highest BCUT2D eigenvalue weighted by Crippen LogP contribution is 2.25. The molecular formula is C21H20N4O. The van der Waals surface area contributed by atoms with Crippen molar-refractivity contribution in [1.29, 1.82) is 0 Å². The van der Waals surface area contributed by atoms with E-state index < -0.39 is 0 Å². The summed E-state index contributed by atoms with van der Waals surface area (Å²) in [7, 11) is 0. The van der Waals surface area contributed by atoms with Crippen molar-refractivity contribution in [2.45, 2.75) is 13.8 Å². The van der Waals surface area contributed by atoms with Gasteiger partial charge in [-0.3, -0.25) is 0 Å². The first-order valence-corrected chi connectivity index (χ1v) is 8.34. The van der Waals surface area contributed by atoms with Crippen LogP contribution in [0.15, 0.2) is 73.1 Å². The van der Waals surface area contributed by atoms with Gasteiger partial charge >= 0.3 is 0 Å². The lowest BCUT2D eigenvalue weighted by Gasteiger charge is -2.06. The van der Waals surface area contributed by atoms with Crippen LogP contribution in [-0.2, 0) is 4.79 Å². The van der Waals surface area contributed by atoms with Crippen LogP contribution in [0.4, 0.5) is 11.5 Å². The Bertz CT molecular complexity index is 1010. The van der Waals surface area contributed by atoms with Crippen LogP contribution in [0.5, 0.6) is 0 Å². The number of hydrogen-bond donors (Lipinski definition) is 1. The minimum atomic E-state index is 0.750. The van der Waals surface area contributed by atoms with Crippen LogP contribution in [0, 0.1) is 6.92 Å². The minimum Gasteiger partial charge on any atom is -0.340 e. The van der Waals surface area contributed by atoms with Gasteiger partial charge in [-0.05, 0) is 37.6 Å². The number of fused-ring (bicyclic) bond motifs is 1. The molecule has 1 N–H and O–H groups in total. The first-order chi connectivity index (χ1) is 12.7. The normalized spacial score (nSPS) is 10.1.